The van der Waals surface area contributed by atoms with Crippen LogP contribution in [0.15, 0.2) is 0 Å². The van der Waals surface area contributed by atoms with Crippen molar-refractivity contribution >= 4 is 36.3 Å². The van der Waals surface area contributed by atoms with Gasteiger partial charge in [-0.1, -0.05) is 34.1 Å². The smallest absolute Gasteiger partial charge is 0.328 e. The highest BCUT2D eigenvalue weighted by Gasteiger charge is 2.31. The minimum absolute atomic E-state index is 0.108. The van der Waals surface area contributed by atoms with Gasteiger partial charge in [0.1, 0.15) is 18.1 Å². The van der Waals surface area contributed by atoms with Crippen molar-refractivity contribution in [3.8, 4) is 0 Å². The van der Waals surface area contributed by atoms with Gasteiger partial charge in [-0.2, -0.15) is 12.6 Å². The highest BCUT2D eigenvalue weighted by molar-refractivity contribution is 7.80. The number of nitrogens with two attached hydrogens (primary N) is 1. The molecule has 0 aliphatic rings. The number of thiol groups is 1. The van der Waals surface area contributed by atoms with E-state index in [0.717, 1.165) is 0 Å². The van der Waals surface area contributed by atoms with Crippen molar-refractivity contribution < 1.29 is 29.4 Å². The lowest BCUT2D eigenvalue weighted by molar-refractivity contribution is -0.143. The lowest BCUT2D eigenvalue weighted by Gasteiger charge is -2.27. The number of carboxylic acids is 1. The minimum atomic E-state index is -1.50. The normalized spacial score (nSPS) is 16.3. The maximum atomic E-state index is 12.7. The predicted molar refractivity (Wildman–Crippen MR) is 111 cm³/mol. The first-order chi connectivity index (χ1) is 13.5. The van der Waals surface area contributed by atoms with E-state index in [-0.39, 0.29) is 17.6 Å². The molecule has 3 amide bonds. The molecular weight excluding hydrogens is 400 g/mol. The summed E-state index contributed by atoms with van der Waals surface area (Å²) >= 11 is 4.02. The number of aliphatic hydroxyl groups is 1. The summed E-state index contributed by atoms with van der Waals surface area (Å²) in [5.41, 5.74) is 5.88. The first kappa shape index (κ1) is 27.1. The highest BCUT2D eigenvalue weighted by atomic mass is 32.1. The Hall–Kier alpha value is -1.85. The van der Waals surface area contributed by atoms with Gasteiger partial charge in [0.15, 0.2) is 0 Å². The van der Waals surface area contributed by atoms with E-state index in [2.05, 4.69) is 28.6 Å². The van der Waals surface area contributed by atoms with Crippen LogP contribution in [0.2, 0.25) is 0 Å². The fraction of sp³-hybridized carbons (Fsp3) is 0.778. The number of amides is 3. The zero-order chi connectivity index (χ0) is 22.7. The number of aliphatic hydroxyl groups excluding tert-OH is 1. The summed E-state index contributed by atoms with van der Waals surface area (Å²) in [6.07, 6.45) is 1.04. The van der Waals surface area contributed by atoms with Crippen LogP contribution in [0.25, 0.3) is 0 Å². The molecule has 0 aromatic rings. The second-order valence-corrected chi connectivity index (χ2v) is 7.80. The maximum Gasteiger partial charge on any atom is 0.328 e. The van der Waals surface area contributed by atoms with Crippen molar-refractivity contribution in [2.24, 2.45) is 17.6 Å². The number of carbonyl (C=O) groups excluding carboxylic acids is 3. The van der Waals surface area contributed by atoms with Crippen LogP contribution in [0.4, 0.5) is 0 Å². The summed E-state index contributed by atoms with van der Waals surface area (Å²) in [5.74, 6) is -3.42. The topological polar surface area (TPSA) is 171 Å². The molecular formula is C18H34N4O6S. The van der Waals surface area contributed by atoms with Crippen molar-refractivity contribution in [1.29, 1.82) is 0 Å². The lowest BCUT2D eigenvalue weighted by Crippen LogP contribution is -2.59. The third kappa shape index (κ3) is 9.46. The van der Waals surface area contributed by atoms with Gasteiger partial charge in [-0.3, -0.25) is 14.4 Å². The Morgan fingerprint density at radius 1 is 0.966 bits per heavy atom. The third-order valence-electron chi connectivity index (χ3n) is 4.47. The quantitative estimate of drug-likeness (QED) is 0.180. The van der Waals surface area contributed by atoms with E-state index in [4.69, 9.17) is 15.9 Å². The molecule has 0 radical (unpaired) electrons. The van der Waals surface area contributed by atoms with E-state index in [0.29, 0.717) is 12.8 Å². The average Bonchev–Trinajstić information content (AvgIpc) is 2.66. The van der Waals surface area contributed by atoms with Crippen molar-refractivity contribution in [1.82, 2.24) is 16.0 Å². The predicted octanol–water partition coefficient (Wildman–Crippen LogP) is -1.13. The number of rotatable bonds is 13. The Morgan fingerprint density at radius 2 is 1.52 bits per heavy atom. The first-order valence-electron chi connectivity index (χ1n) is 9.59. The Morgan fingerprint density at radius 3 is 1.93 bits per heavy atom. The van der Waals surface area contributed by atoms with Gasteiger partial charge in [-0.05, 0) is 18.3 Å². The van der Waals surface area contributed by atoms with E-state index in [1.807, 2.05) is 20.8 Å². The molecule has 5 unspecified atom stereocenters. The Balaban J connectivity index is 5.21. The molecule has 0 aromatic heterocycles. The number of nitrogens with one attached hydrogen (secondary N) is 3. The summed E-state index contributed by atoms with van der Waals surface area (Å²) in [4.78, 5) is 48.3. The molecule has 0 spiro atoms. The van der Waals surface area contributed by atoms with Gasteiger partial charge in [-0.15, -0.1) is 0 Å². The van der Waals surface area contributed by atoms with Crippen LogP contribution in [0.5, 0.6) is 0 Å². The van der Waals surface area contributed by atoms with Crippen molar-refractivity contribution in [3.63, 3.8) is 0 Å². The zero-order valence-corrected chi connectivity index (χ0v) is 18.2. The van der Waals surface area contributed by atoms with Crippen molar-refractivity contribution in [3.05, 3.63) is 0 Å². The van der Waals surface area contributed by atoms with E-state index in [1.54, 1.807) is 6.92 Å². The standard InChI is InChI=1S/C18H34N4O6S/c1-5-10(4)14(22-15(24)11(19)6-9(2)3)17(26)21-13(8-29)16(25)20-12(7-23)18(27)28/h9-14,23,29H,5-8,19H2,1-4H3,(H,20,25)(H,21,26)(H,22,24)(H,27,28). The SMILES string of the molecule is CCC(C)C(NC(=O)C(N)CC(C)C)C(=O)NC(CS)C(=O)NC(CO)C(=O)O. The summed E-state index contributed by atoms with van der Waals surface area (Å²) in [7, 11) is 0. The summed E-state index contributed by atoms with van der Waals surface area (Å²) in [6.45, 7) is 6.69. The summed E-state index contributed by atoms with van der Waals surface area (Å²) < 4.78 is 0. The van der Waals surface area contributed by atoms with E-state index < -0.39 is 54.5 Å². The average molecular weight is 435 g/mol. The number of carbonyl (C=O) groups is 4. The number of hydrogen-bond donors (Lipinski definition) is 7. The Bertz CT molecular complexity index is 575. The Kier molecular flexibility index (Phi) is 12.5. The molecule has 7 N–H and O–H groups in total. The molecule has 0 saturated heterocycles. The summed E-state index contributed by atoms with van der Waals surface area (Å²) in [5, 5.41) is 25.2. The fourth-order valence-corrected chi connectivity index (χ4v) is 2.75. The molecule has 11 heteroatoms. The van der Waals surface area contributed by atoms with Crippen LogP contribution in [0.1, 0.15) is 40.5 Å². The zero-order valence-electron chi connectivity index (χ0n) is 17.3. The lowest BCUT2D eigenvalue weighted by atomic mass is 9.96. The van der Waals surface area contributed by atoms with Gasteiger partial charge in [0.05, 0.1) is 12.6 Å². The van der Waals surface area contributed by atoms with Gasteiger partial charge >= 0.3 is 5.97 Å². The number of aliphatic carboxylic acids is 1. The molecule has 0 rings (SSSR count). The van der Waals surface area contributed by atoms with Gasteiger partial charge < -0.3 is 31.9 Å². The second kappa shape index (κ2) is 13.4. The largest absolute Gasteiger partial charge is 0.480 e. The van der Waals surface area contributed by atoms with Crippen molar-refractivity contribution in [2.45, 2.75) is 64.7 Å². The highest BCUT2D eigenvalue weighted by Crippen LogP contribution is 2.10. The van der Waals surface area contributed by atoms with Crippen molar-refractivity contribution in [2.75, 3.05) is 12.4 Å². The van der Waals surface area contributed by atoms with Crippen LogP contribution < -0.4 is 21.7 Å². The molecule has 0 saturated carbocycles. The molecule has 0 aromatic carbocycles. The molecule has 0 heterocycles. The van der Waals surface area contributed by atoms with E-state index in [1.165, 1.54) is 0 Å². The monoisotopic (exact) mass is 434 g/mol. The first-order valence-corrected chi connectivity index (χ1v) is 10.2. The van der Waals surface area contributed by atoms with E-state index in [9.17, 15) is 19.2 Å². The summed E-state index contributed by atoms with van der Waals surface area (Å²) in [6, 6.07) is -4.33. The number of carboxylic acid groups (broad SMARTS) is 1. The molecule has 0 aliphatic carbocycles. The second-order valence-electron chi connectivity index (χ2n) is 7.43. The van der Waals surface area contributed by atoms with Gasteiger partial charge in [0.2, 0.25) is 17.7 Å². The van der Waals surface area contributed by atoms with Gasteiger partial charge in [0.25, 0.3) is 0 Å². The van der Waals surface area contributed by atoms with Crippen LogP contribution in [-0.2, 0) is 19.2 Å². The van der Waals surface area contributed by atoms with Crippen LogP contribution in [0.3, 0.4) is 0 Å². The van der Waals surface area contributed by atoms with Crippen LogP contribution >= 0.6 is 12.6 Å². The number of hydrogen-bond acceptors (Lipinski definition) is 7. The molecule has 0 bridgehead atoms. The van der Waals surface area contributed by atoms with Gasteiger partial charge in [0, 0.05) is 5.75 Å². The van der Waals surface area contributed by atoms with Gasteiger partial charge in [-0.25, -0.2) is 4.79 Å². The molecule has 29 heavy (non-hydrogen) atoms. The van der Waals surface area contributed by atoms with E-state index >= 15 is 0 Å². The molecule has 10 nitrogen and oxygen atoms in total. The molecule has 5 atom stereocenters. The fourth-order valence-electron chi connectivity index (χ4n) is 2.49. The molecule has 168 valence electrons. The van der Waals surface area contributed by atoms with Crippen LogP contribution in [-0.4, -0.2) is 70.4 Å². The molecule has 0 fully saturated rings. The van der Waals surface area contributed by atoms with Crippen LogP contribution in [0, 0.1) is 11.8 Å². The third-order valence-corrected chi connectivity index (χ3v) is 4.83. The molecule has 0 aliphatic heterocycles. The Labute approximate surface area is 176 Å². The maximum absolute atomic E-state index is 12.7. The minimum Gasteiger partial charge on any atom is -0.480 e.